The van der Waals surface area contributed by atoms with Crippen molar-refractivity contribution in [1.82, 2.24) is 15.5 Å². The molecule has 0 radical (unpaired) electrons. The van der Waals surface area contributed by atoms with Gasteiger partial charge in [-0.1, -0.05) is 13.8 Å². The Morgan fingerprint density at radius 1 is 1.39 bits per heavy atom. The molecular weight excluding hydrogens is 486 g/mol. The molecule has 0 saturated carbocycles. The quantitative estimate of drug-likeness (QED) is 0.407. The first-order valence-corrected chi connectivity index (χ1v) is 11.5. The maximum atomic E-state index is 12.7. The van der Waals surface area contributed by atoms with Gasteiger partial charge in [-0.2, -0.15) is 0 Å². The lowest BCUT2D eigenvalue weighted by molar-refractivity contribution is -0.151. The minimum atomic E-state index is -0.838. The molecule has 1 heterocycles. The van der Waals surface area contributed by atoms with Gasteiger partial charge in [0.2, 0.25) is 5.91 Å². The summed E-state index contributed by atoms with van der Waals surface area (Å²) in [5.74, 6) is -0.584. The van der Waals surface area contributed by atoms with Crippen molar-refractivity contribution < 1.29 is 23.9 Å². The van der Waals surface area contributed by atoms with Gasteiger partial charge in [0.15, 0.2) is 5.11 Å². The van der Waals surface area contributed by atoms with Crippen LogP contribution in [0.5, 0.6) is 5.75 Å². The minimum absolute atomic E-state index is 0.0867. The number of rotatable bonds is 8. The van der Waals surface area contributed by atoms with E-state index in [4.69, 9.17) is 21.7 Å². The lowest BCUT2D eigenvalue weighted by atomic mass is 10.1. The van der Waals surface area contributed by atoms with E-state index >= 15 is 0 Å². The number of nitrogens with one attached hydrogen (secondary N) is 2. The van der Waals surface area contributed by atoms with Gasteiger partial charge in [-0.15, -0.1) is 0 Å². The number of carbonyl (C=O) groups is 3. The van der Waals surface area contributed by atoms with Crippen LogP contribution in [0.3, 0.4) is 0 Å². The normalized spacial score (nSPS) is 16.8. The third-order valence-electron chi connectivity index (χ3n) is 4.74. The number of halogens is 1. The fourth-order valence-electron chi connectivity index (χ4n) is 2.89. The molecule has 0 bridgehead atoms. The molecule has 0 aliphatic carbocycles. The molecule has 2 N–H and O–H groups in total. The van der Waals surface area contributed by atoms with Gasteiger partial charge in [0.1, 0.15) is 11.8 Å². The number of benzene rings is 1. The molecule has 2 unspecified atom stereocenters. The lowest BCUT2D eigenvalue weighted by Gasteiger charge is -2.36. The highest BCUT2D eigenvalue weighted by molar-refractivity contribution is 9.10. The molecule has 0 aromatic heterocycles. The van der Waals surface area contributed by atoms with Crippen LogP contribution in [0.2, 0.25) is 0 Å². The van der Waals surface area contributed by atoms with Gasteiger partial charge in [0, 0.05) is 18.7 Å². The number of amides is 2. The van der Waals surface area contributed by atoms with E-state index in [0.717, 1.165) is 6.42 Å². The van der Waals surface area contributed by atoms with E-state index in [1.807, 2.05) is 13.8 Å². The summed E-state index contributed by atoms with van der Waals surface area (Å²) in [4.78, 5) is 38.8. The van der Waals surface area contributed by atoms with E-state index in [1.165, 1.54) is 0 Å². The van der Waals surface area contributed by atoms with Crippen LogP contribution in [0.25, 0.3) is 0 Å². The van der Waals surface area contributed by atoms with Crippen molar-refractivity contribution in [3.8, 4) is 5.75 Å². The molecule has 0 spiro atoms. The number of nitrogens with zero attached hydrogens (tertiary/aromatic N) is 1. The number of piperazine rings is 1. The van der Waals surface area contributed by atoms with Crippen LogP contribution < -0.4 is 15.4 Å². The molecule has 2 amide bonds. The molecule has 2 atom stereocenters. The van der Waals surface area contributed by atoms with E-state index in [0.29, 0.717) is 41.9 Å². The second kappa shape index (κ2) is 12.0. The van der Waals surface area contributed by atoms with Crippen LogP contribution in [-0.4, -0.2) is 59.6 Å². The molecule has 1 aliphatic heterocycles. The van der Waals surface area contributed by atoms with Gasteiger partial charge in [-0.05, 0) is 66.1 Å². The topological polar surface area (TPSA) is 97.0 Å². The minimum Gasteiger partial charge on any atom is -0.492 e. The van der Waals surface area contributed by atoms with Crippen LogP contribution >= 0.6 is 28.1 Å². The molecule has 1 aromatic rings. The molecule has 8 nitrogen and oxygen atoms in total. The summed E-state index contributed by atoms with van der Waals surface area (Å²) in [6, 6.07) is 4.15. The maximum Gasteiger partial charge on any atom is 0.308 e. The summed E-state index contributed by atoms with van der Waals surface area (Å²) >= 11 is 8.79. The summed E-state index contributed by atoms with van der Waals surface area (Å²) < 4.78 is 11.5. The van der Waals surface area contributed by atoms with E-state index in [9.17, 15) is 14.4 Å². The Morgan fingerprint density at radius 2 is 2.13 bits per heavy atom. The van der Waals surface area contributed by atoms with Crippen LogP contribution in [0, 0.1) is 0 Å². The maximum absolute atomic E-state index is 12.7. The van der Waals surface area contributed by atoms with Crippen LogP contribution in [0.1, 0.15) is 50.4 Å². The molecule has 10 heteroatoms. The number of esters is 1. The molecule has 1 aliphatic rings. The third kappa shape index (κ3) is 7.17. The van der Waals surface area contributed by atoms with Gasteiger partial charge in [-0.3, -0.25) is 19.7 Å². The predicted octanol–water partition coefficient (Wildman–Crippen LogP) is 2.78. The Bertz CT molecular complexity index is 835. The van der Waals surface area contributed by atoms with Gasteiger partial charge in [0.25, 0.3) is 5.91 Å². The first kappa shape index (κ1) is 25.1. The number of thiocarbonyl (C=S) groups is 1. The summed E-state index contributed by atoms with van der Waals surface area (Å²) in [5.41, 5.74) is 0.382. The van der Waals surface area contributed by atoms with Gasteiger partial charge in [0.05, 0.1) is 23.6 Å². The average molecular weight is 514 g/mol. The fourth-order valence-corrected chi connectivity index (χ4v) is 3.69. The zero-order chi connectivity index (χ0) is 23.0. The highest BCUT2D eigenvalue weighted by atomic mass is 79.9. The lowest BCUT2D eigenvalue weighted by Crippen LogP contribution is -2.60. The Morgan fingerprint density at radius 3 is 2.77 bits per heavy atom. The molecule has 2 rings (SSSR count). The van der Waals surface area contributed by atoms with Crippen molar-refractivity contribution >= 4 is 51.0 Å². The average Bonchev–Trinajstić information content (AvgIpc) is 2.73. The van der Waals surface area contributed by atoms with E-state index in [-0.39, 0.29) is 23.5 Å². The summed E-state index contributed by atoms with van der Waals surface area (Å²) in [5, 5.41) is 5.47. The summed E-state index contributed by atoms with van der Waals surface area (Å²) in [7, 11) is 0. The standard InChI is InChI=1S/C21H28BrN3O5S/c1-4-10-29-17-7-6-14(11-15(17)22)19(27)24-21(31)25-9-8-23-20(28)16(25)12-18(26)30-13(3)5-2/h6-7,11,13,16H,4-5,8-10,12H2,1-3H3,(H,23,28)(H,24,27,31). The van der Waals surface area contributed by atoms with Crippen LogP contribution in [0.15, 0.2) is 22.7 Å². The first-order chi connectivity index (χ1) is 14.8. The number of hydrogen-bond donors (Lipinski definition) is 2. The van der Waals surface area contributed by atoms with Crippen molar-refractivity contribution in [2.24, 2.45) is 0 Å². The largest absolute Gasteiger partial charge is 0.492 e. The van der Waals surface area contributed by atoms with Crippen molar-refractivity contribution in [2.75, 3.05) is 19.7 Å². The molecule has 1 fully saturated rings. The number of carbonyl (C=O) groups excluding carboxylic acids is 3. The van der Waals surface area contributed by atoms with Crippen molar-refractivity contribution in [3.63, 3.8) is 0 Å². The van der Waals surface area contributed by atoms with Gasteiger partial charge in [-0.25, -0.2) is 0 Å². The van der Waals surface area contributed by atoms with Gasteiger partial charge < -0.3 is 19.7 Å². The molecule has 1 saturated heterocycles. The smallest absolute Gasteiger partial charge is 0.308 e. The third-order valence-corrected chi connectivity index (χ3v) is 5.69. The van der Waals surface area contributed by atoms with E-state index in [1.54, 1.807) is 30.0 Å². The Hall–Kier alpha value is -2.20. The van der Waals surface area contributed by atoms with Gasteiger partial charge >= 0.3 is 5.97 Å². The fraction of sp³-hybridized carbons (Fsp3) is 0.524. The van der Waals surface area contributed by atoms with Crippen molar-refractivity contribution in [2.45, 2.75) is 52.2 Å². The zero-order valence-corrected chi connectivity index (χ0v) is 20.3. The monoisotopic (exact) mass is 513 g/mol. The number of ether oxygens (including phenoxy) is 2. The first-order valence-electron chi connectivity index (χ1n) is 10.3. The summed E-state index contributed by atoms with van der Waals surface area (Å²) in [6.45, 7) is 7.02. The Labute approximate surface area is 196 Å². The highest BCUT2D eigenvalue weighted by Crippen LogP contribution is 2.26. The molecular formula is C21H28BrN3O5S. The van der Waals surface area contributed by atoms with E-state index < -0.39 is 17.9 Å². The molecule has 31 heavy (non-hydrogen) atoms. The molecule has 1 aromatic carbocycles. The highest BCUT2D eigenvalue weighted by Gasteiger charge is 2.34. The van der Waals surface area contributed by atoms with E-state index in [2.05, 4.69) is 26.6 Å². The SMILES string of the molecule is CCCOc1ccc(C(=O)NC(=S)N2CCNC(=O)C2CC(=O)OC(C)CC)cc1Br. The summed E-state index contributed by atoms with van der Waals surface area (Å²) in [6.07, 6.45) is 1.17. The van der Waals surface area contributed by atoms with Crippen LogP contribution in [0.4, 0.5) is 0 Å². The van der Waals surface area contributed by atoms with Crippen molar-refractivity contribution in [1.29, 1.82) is 0 Å². The Balaban J connectivity index is 2.05. The zero-order valence-electron chi connectivity index (χ0n) is 17.9. The second-order valence-electron chi connectivity index (χ2n) is 7.17. The second-order valence-corrected chi connectivity index (χ2v) is 8.41. The van der Waals surface area contributed by atoms with Crippen LogP contribution in [-0.2, 0) is 14.3 Å². The Kier molecular flexibility index (Phi) is 9.70. The van der Waals surface area contributed by atoms with Crippen molar-refractivity contribution in [3.05, 3.63) is 28.2 Å². The molecule has 170 valence electrons. The number of hydrogen-bond acceptors (Lipinski definition) is 6. The predicted molar refractivity (Wildman–Crippen MR) is 124 cm³/mol.